The lowest BCUT2D eigenvalue weighted by atomic mass is 10.2. The summed E-state index contributed by atoms with van der Waals surface area (Å²) in [7, 11) is 0. The van der Waals surface area contributed by atoms with Crippen molar-refractivity contribution in [3.05, 3.63) is 30.2 Å². The SMILES string of the molecule is CC(C)(C)OC(=O)NCCC=Cc1cnc2[nH]ccc2n1. The van der Waals surface area contributed by atoms with Crippen LogP contribution in [0.3, 0.4) is 0 Å². The minimum absolute atomic E-state index is 0.399. The van der Waals surface area contributed by atoms with Crippen LogP contribution >= 0.6 is 0 Å². The average Bonchev–Trinajstić information content (AvgIpc) is 2.83. The van der Waals surface area contributed by atoms with Crippen LogP contribution in [0.25, 0.3) is 17.2 Å². The van der Waals surface area contributed by atoms with Gasteiger partial charge in [-0.1, -0.05) is 6.08 Å². The highest BCUT2D eigenvalue weighted by Gasteiger charge is 2.15. The van der Waals surface area contributed by atoms with Crippen LogP contribution in [0.2, 0.25) is 0 Å². The summed E-state index contributed by atoms with van der Waals surface area (Å²) in [4.78, 5) is 23.1. The maximum atomic E-state index is 11.4. The summed E-state index contributed by atoms with van der Waals surface area (Å²) in [5, 5.41) is 2.70. The fraction of sp³-hybridized carbons (Fsp3) is 0.400. The van der Waals surface area contributed by atoms with Gasteiger partial charge in [0.2, 0.25) is 0 Å². The zero-order chi connectivity index (χ0) is 15.3. The molecule has 0 bridgehead atoms. The normalized spacial score (nSPS) is 12.0. The number of nitrogens with zero attached hydrogens (tertiary/aromatic N) is 2. The van der Waals surface area contributed by atoms with Crippen LogP contribution in [0.4, 0.5) is 4.79 Å². The van der Waals surface area contributed by atoms with Gasteiger partial charge in [0.15, 0.2) is 5.65 Å². The molecule has 2 N–H and O–H groups in total. The van der Waals surface area contributed by atoms with E-state index in [1.807, 2.05) is 45.2 Å². The Morgan fingerprint density at radius 2 is 2.29 bits per heavy atom. The van der Waals surface area contributed by atoms with Gasteiger partial charge in [0.25, 0.3) is 0 Å². The highest BCUT2D eigenvalue weighted by molar-refractivity contribution is 5.71. The number of rotatable bonds is 4. The number of fused-ring (bicyclic) bond motifs is 1. The number of ether oxygens (including phenoxy) is 1. The Labute approximate surface area is 123 Å². The van der Waals surface area contributed by atoms with Gasteiger partial charge in [0, 0.05) is 12.7 Å². The minimum atomic E-state index is -0.471. The summed E-state index contributed by atoms with van der Waals surface area (Å²) < 4.78 is 5.14. The molecule has 2 heterocycles. The molecule has 0 aliphatic heterocycles. The molecule has 6 nitrogen and oxygen atoms in total. The molecule has 0 atom stereocenters. The van der Waals surface area contributed by atoms with Crippen LogP contribution in [-0.4, -0.2) is 33.2 Å². The van der Waals surface area contributed by atoms with Crippen molar-refractivity contribution < 1.29 is 9.53 Å². The number of H-pyrrole nitrogens is 1. The Morgan fingerprint density at radius 1 is 1.48 bits per heavy atom. The molecule has 2 aromatic rings. The van der Waals surface area contributed by atoms with Crippen molar-refractivity contribution in [2.45, 2.75) is 32.8 Å². The third-order valence-electron chi connectivity index (χ3n) is 2.55. The molecule has 1 amide bonds. The van der Waals surface area contributed by atoms with Gasteiger partial charge in [-0.2, -0.15) is 0 Å². The Kier molecular flexibility index (Phi) is 4.57. The third-order valence-corrected chi connectivity index (χ3v) is 2.55. The van der Waals surface area contributed by atoms with Crippen molar-refractivity contribution >= 4 is 23.3 Å². The molecule has 2 aromatic heterocycles. The Morgan fingerprint density at radius 3 is 3.05 bits per heavy atom. The number of alkyl carbamates (subject to hydrolysis) is 1. The van der Waals surface area contributed by atoms with E-state index in [4.69, 9.17) is 4.74 Å². The minimum Gasteiger partial charge on any atom is -0.444 e. The number of amides is 1. The van der Waals surface area contributed by atoms with Gasteiger partial charge in [0.05, 0.1) is 11.9 Å². The van der Waals surface area contributed by atoms with Crippen molar-refractivity contribution in [2.75, 3.05) is 6.54 Å². The van der Waals surface area contributed by atoms with Gasteiger partial charge < -0.3 is 15.0 Å². The molecule has 21 heavy (non-hydrogen) atoms. The molecule has 0 aromatic carbocycles. The third kappa shape index (κ3) is 4.91. The van der Waals surface area contributed by atoms with Crippen LogP contribution in [0.1, 0.15) is 32.9 Å². The predicted octanol–water partition coefficient (Wildman–Crippen LogP) is 2.89. The van der Waals surface area contributed by atoms with E-state index in [2.05, 4.69) is 20.3 Å². The number of hydrogen-bond donors (Lipinski definition) is 2. The van der Waals surface area contributed by atoms with Crippen molar-refractivity contribution in [2.24, 2.45) is 0 Å². The Bertz CT molecular complexity index is 640. The van der Waals surface area contributed by atoms with E-state index in [-0.39, 0.29) is 0 Å². The second-order valence-electron chi connectivity index (χ2n) is 5.63. The highest BCUT2D eigenvalue weighted by atomic mass is 16.6. The Hall–Kier alpha value is -2.37. The van der Waals surface area contributed by atoms with E-state index in [1.54, 1.807) is 6.20 Å². The van der Waals surface area contributed by atoms with E-state index < -0.39 is 11.7 Å². The summed E-state index contributed by atoms with van der Waals surface area (Å²) in [6, 6.07) is 1.88. The zero-order valence-electron chi connectivity index (χ0n) is 12.5. The summed E-state index contributed by atoms with van der Waals surface area (Å²) in [5.41, 5.74) is 1.93. The quantitative estimate of drug-likeness (QED) is 0.848. The predicted molar refractivity (Wildman–Crippen MR) is 81.8 cm³/mol. The van der Waals surface area contributed by atoms with Crippen molar-refractivity contribution in [1.82, 2.24) is 20.3 Å². The number of aromatic nitrogens is 3. The maximum absolute atomic E-state index is 11.4. The van der Waals surface area contributed by atoms with E-state index in [0.717, 1.165) is 16.9 Å². The second-order valence-corrected chi connectivity index (χ2v) is 5.63. The molecular weight excluding hydrogens is 268 g/mol. The van der Waals surface area contributed by atoms with E-state index >= 15 is 0 Å². The highest BCUT2D eigenvalue weighted by Crippen LogP contribution is 2.08. The van der Waals surface area contributed by atoms with Gasteiger partial charge in [-0.05, 0) is 39.3 Å². The Balaban J connectivity index is 1.76. The number of aromatic amines is 1. The van der Waals surface area contributed by atoms with Crippen LogP contribution in [-0.2, 0) is 4.74 Å². The van der Waals surface area contributed by atoms with Crippen LogP contribution in [0, 0.1) is 0 Å². The summed E-state index contributed by atoms with van der Waals surface area (Å²) in [6.07, 6.45) is 7.64. The molecular formula is C15H20N4O2. The first-order chi connectivity index (χ1) is 9.94. The maximum Gasteiger partial charge on any atom is 0.407 e. The van der Waals surface area contributed by atoms with E-state index in [9.17, 15) is 4.79 Å². The molecule has 0 spiro atoms. The number of carbonyl (C=O) groups excluding carboxylic acids is 1. The summed E-state index contributed by atoms with van der Waals surface area (Å²) in [6.45, 7) is 6.03. The van der Waals surface area contributed by atoms with Gasteiger partial charge in [-0.3, -0.25) is 0 Å². The molecule has 6 heteroatoms. The number of nitrogens with one attached hydrogen (secondary N) is 2. The van der Waals surface area contributed by atoms with Gasteiger partial charge in [-0.15, -0.1) is 0 Å². The molecule has 0 aliphatic rings. The first-order valence-corrected chi connectivity index (χ1v) is 6.87. The number of carbonyl (C=O) groups is 1. The smallest absolute Gasteiger partial charge is 0.407 e. The summed E-state index contributed by atoms with van der Waals surface area (Å²) >= 11 is 0. The second kappa shape index (κ2) is 6.39. The lowest BCUT2D eigenvalue weighted by Gasteiger charge is -2.19. The monoisotopic (exact) mass is 288 g/mol. The zero-order valence-corrected chi connectivity index (χ0v) is 12.5. The molecule has 0 fully saturated rings. The fourth-order valence-corrected chi connectivity index (χ4v) is 1.70. The largest absolute Gasteiger partial charge is 0.444 e. The van der Waals surface area contributed by atoms with Crippen molar-refractivity contribution in [3.63, 3.8) is 0 Å². The first-order valence-electron chi connectivity index (χ1n) is 6.87. The van der Waals surface area contributed by atoms with Crippen molar-refractivity contribution in [1.29, 1.82) is 0 Å². The molecule has 0 aliphatic carbocycles. The van der Waals surface area contributed by atoms with Crippen LogP contribution < -0.4 is 5.32 Å². The van der Waals surface area contributed by atoms with Crippen molar-refractivity contribution in [3.8, 4) is 0 Å². The van der Waals surface area contributed by atoms with Gasteiger partial charge in [-0.25, -0.2) is 14.8 Å². The topological polar surface area (TPSA) is 79.9 Å². The fourth-order valence-electron chi connectivity index (χ4n) is 1.70. The first kappa shape index (κ1) is 15.0. The van der Waals surface area contributed by atoms with Gasteiger partial charge in [0.1, 0.15) is 11.1 Å². The summed E-state index contributed by atoms with van der Waals surface area (Å²) in [5.74, 6) is 0. The molecule has 0 saturated heterocycles. The lowest BCUT2D eigenvalue weighted by molar-refractivity contribution is 0.0529. The molecule has 0 unspecified atom stereocenters. The average molecular weight is 288 g/mol. The lowest BCUT2D eigenvalue weighted by Crippen LogP contribution is -2.32. The van der Waals surface area contributed by atoms with E-state index in [0.29, 0.717) is 13.0 Å². The molecule has 112 valence electrons. The standard InChI is InChI=1S/C15H20N4O2/c1-15(2,3)21-14(20)17-8-5-4-6-11-10-18-13-12(19-11)7-9-16-13/h4,6-7,9-10H,5,8H2,1-3H3,(H,16,18)(H,17,20). The van der Waals surface area contributed by atoms with Crippen LogP contribution in [0.5, 0.6) is 0 Å². The molecule has 2 rings (SSSR count). The number of hydrogen-bond acceptors (Lipinski definition) is 4. The van der Waals surface area contributed by atoms with Gasteiger partial charge >= 0.3 is 6.09 Å². The van der Waals surface area contributed by atoms with E-state index in [1.165, 1.54) is 0 Å². The molecule has 0 saturated carbocycles. The molecule has 0 radical (unpaired) electrons. The van der Waals surface area contributed by atoms with Crippen LogP contribution in [0.15, 0.2) is 24.5 Å².